The number of nitrogens with zero attached hydrogens (tertiary/aromatic N) is 1. The minimum absolute atomic E-state index is 0.00336. The molecule has 6 nitrogen and oxygen atoms in total. The van der Waals surface area contributed by atoms with Crippen molar-refractivity contribution in [3.63, 3.8) is 0 Å². The highest BCUT2D eigenvalue weighted by Gasteiger charge is 2.15. The molecule has 0 saturated carbocycles. The lowest BCUT2D eigenvalue weighted by Gasteiger charge is -2.11. The molecule has 3 N–H and O–H groups in total. The van der Waals surface area contributed by atoms with E-state index in [0.29, 0.717) is 11.3 Å². The second kappa shape index (κ2) is 5.70. The Morgan fingerprint density at radius 2 is 1.81 bits per heavy atom. The number of nitro groups is 1. The average Bonchev–Trinajstić information content (AvgIpc) is 2.41. The summed E-state index contributed by atoms with van der Waals surface area (Å²) in [6.45, 7) is 3.91. The molecule has 2 aromatic rings. The number of aromatic hydroxyl groups is 2. The van der Waals surface area contributed by atoms with Crippen molar-refractivity contribution in [3.05, 3.63) is 57.1 Å². The van der Waals surface area contributed by atoms with Crippen LogP contribution in [0.3, 0.4) is 0 Å². The molecule has 0 fully saturated rings. The van der Waals surface area contributed by atoms with Crippen molar-refractivity contribution >= 4 is 11.4 Å². The van der Waals surface area contributed by atoms with E-state index in [1.54, 1.807) is 12.1 Å². The van der Waals surface area contributed by atoms with Crippen LogP contribution in [-0.2, 0) is 6.54 Å². The monoisotopic (exact) mass is 288 g/mol. The van der Waals surface area contributed by atoms with Crippen LogP contribution in [0.2, 0.25) is 0 Å². The fourth-order valence-electron chi connectivity index (χ4n) is 1.99. The van der Waals surface area contributed by atoms with Gasteiger partial charge >= 0.3 is 0 Å². The van der Waals surface area contributed by atoms with Crippen LogP contribution in [-0.4, -0.2) is 15.1 Å². The van der Waals surface area contributed by atoms with Gasteiger partial charge in [0.05, 0.1) is 4.92 Å². The van der Waals surface area contributed by atoms with E-state index in [-0.39, 0.29) is 23.7 Å². The van der Waals surface area contributed by atoms with E-state index >= 15 is 0 Å². The first kappa shape index (κ1) is 14.6. The fraction of sp³-hybridized carbons (Fsp3) is 0.200. The van der Waals surface area contributed by atoms with Gasteiger partial charge in [-0.2, -0.15) is 0 Å². The Balaban J connectivity index is 2.27. The van der Waals surface area contributed by atoms with Crippen LogP contribution in [0.25, 0.3) is 0 Å². The number of aryl methyl sites for hydroxylation is 2. The molecule has 0 heterocycles. The summed E-state index contributed by atoms with van der Waals surface area (Å²) in [5, 5.41) is 33.0. The zero-order valence-corrected chi connectivity index (χ0v) is 11.8. The lowest BCUT2D eigenvalue weighted by Crippen LogP contribution is -2.04. The second-order valence-corrected chi connectivity index (χ2v) is 4.88. The summed E-state index contributed by atoms with van der Waals surface area (Å²) in [6.07, 6.45) is 0. The fourth-order valence-corrected chi connectivity index (χ4v) is 1.99. The predicted octanol–water partition coefficient (Wildman–Crippen LogP) is 3.23. The molecule has 0 aliphatic carbocycles. The highest BCUT2D eigenvalue weighted by atomic mass is 16.6. The van der Waals surface area contributed by atoms with Gasteiger partial charge in [0, 0.05) is 24.2 Å². The van der Waals surface area contributed by atoms with E-state index < -0.39 is 4.92 Å². The first-order valence-corrected chi connectivity index (χ1v) is 6.39. The molecular weight excluding hydrogens is 272 g/mol. The van der Waals surface area contributed by atoms with Crippen LogP contribution in [0, 0.1) is 24.0 Å². The quantitative estimate of drug-likeness (QED) is 0.593. The molecule has 110 valence electrons. The maximum Gasteiger partial charge on any atom is 0.292 e. The number of phenolic OH excluding ortho intramolecular Hbond substituents is 2. The van der Waals surface area contributed by atoms with E-state index in [2.05, 4.69) is 5.32 Å². The predicted molar refractivity (Wildman–Crippen MR) is 79.7 cm³/mol. The Morgan fingerprint density at radius 3 is 2.43 bits per heavy atom. The molecule has 2 rings (SSSR count). The smallest absolute Gasteiger partial charge is 0.292 e. The Labute approximate surface area is 121 Å². The largest absolute Gasteiger partial charge is 0.508 e. The van der Waals surface area contributed by atoms with Crippen molar-refractivity contribution in [2.24, 2.45) is 0 Å². The van der Waals surface area contributed by atoms with Crippen molar-refractivity contribution < 1.29 is 15.1 Å². The highest BCUT2D eigenvalue weighted by molar-refractivity contribution is 5.64. The van der Waals surface area contributed by atoms with Crippen LogP contribution in [0.15, 0.2) is 30.3 Å². The third-order valence-electron chi connectivity index (χ3n) is 3.35. The van der Waals surface area contributed by atoms with Crippen LogP contribution in [0.4, 0.5) is 11.4 Å². The van der Waals surface area contributed by atoms with Gasteiger partial charge in [-0.05, 0) is 43.2 Å². The van der Waals surface area contributed by atoms with Gasteiger partial charge in [-0.3, -0.25) is 10.1 Å². The molecule has 0 unspecified atom stereocenters. The van der Waals surface area contributed by atoms with Crippen molar-refractivity contribution in [1.29, 1.82) is 0 Å². The number of benzene rings is 2. The maximum absolute atomic E-state index is 11.1. The molecule has 0 spiro atoms. The van der Waals surface area contributed by atoms with Crippen molar-refractivity contribution in [3.8, 4) is 11.5 Å². The van der Waals surface area contributed by atoms with Gasteiger partial charge in [0.2, 0.25) is 0 Å². The normalized spacial score (nSPS) is 10.4. The van der Waals surface area contributed by atoms with Gasteiger partial charge in [0.15, 0.2) is 0 Å². The third-order valence-corrected chi connectivity index (χ3v) is 3.35. The third kappa shape index (κ3) is 3.22. The molecule has 0 bridgehead atoms. The van der Waals surface area contributed by atoms with Gasteiger partial charge in [0.1, 0.15) is 17.2 Å². The first-order chi connectivity index (χ1) is 9.88. The first-order valence-electron chi connectivity index (χ1n) is 6.39. The Bertz CT molecular complexity index is 698. The number of nitrogens with one attached hydrogen (secondary N) is 1. The number of nitro benzene ring substituents is 1. The van der Waals surface area contributed by atoms with E-state index in [9.17, 15) is 20.3 Å². The number of hydrogen-bond donors (Lipinski definition) is 3. The van der Waals surface area contributed by atoms with Crippen molar-refractivity contribution in [2.45, 2.75) is 20.4 Å². The number of hydrogen-bond acceptors (Lipinski definition) is 5. The lowest BCUT2D eigenvalue weighted by molar-refractivity contribution is -0.384. The topological polar surface area (TPSA) is 95.6 Å². The van der Waals surface area contributed by atoms with Gasteiger partial charge in [-0.1, -0.05) is 0 Å². The standard InChI is InChI=1S/C15H16N2O4/c1-9-5-13(14(17(20)21)6-10(9)2)16-8-11-3-4-12(18)7-15(11)19/h3-7,16,18-19H,8H2,1-2H3. The molecule has 2 aromatic carbocycles. The Kier molecular flexibility index (Phi) is 3.98. The molecule has 6 heteroatoms. The SMILES string of the molecule is Cc1cc(NCc2ccc(O)cc2O)c([N+](=O)[O-])cc1C. The Morgan fingerprint density at radius 1 is 1.14 bits per heavy atom. The average molecular weight is 288 g/mol. The summed E-state index contributed by atoms with van der Waals surface area (Å²) in [5.41, 5.74) is 2.73. The zero-order valence-electron chi connectivity index (χ0n) is 11.8. The van der Waals surface area contributed by atoms with E-state index in [0.717, 1.165) is 11.1 Å². The van der Waals surface area contributed by atoms with Crippen molar-refractivity contribution in [2.75, 3.05) is 5.32 Å². The molecule has 21 heavy (non-hydrogen) atoms. The number of anilines is 1. The van der Waals surface area contributed by atoms with E-state index in [1.807, 2.05) is 13.8 Å². The van der Waals surface area contributed by atoms with Crippen LogP contribution in [0.5, 0.6) is 11.5 Å². The van der Waals surface area contributed by atoms with Crippen LogP contribution < -0.4 is 5.32 Å². The molecule has 0 radical (unpaired) electrons. The van der Waals surface area contributed by atoms with Crippen molar-refractivity contribution in [1.82, 2.24) is 0 Å². The van der Waals surface area contributed by atoms with Crippen LogP contribution in [0.1, 0.15) is 16.7 Å². The summed E-state index contributed by atoms with van der Waals surface area (Å²) in [7, 11) is 0. The summed E-state index contributed by atoms with van der Waals surface area (Å²) in [5.74, 6) is -0.0950. The number of rotatable bonds is 4. The molecule has 0 aliphatic rings. The maximum atomic E-state index is 11.1. The minimum atomic E-state index is -0.439. The number of phenols is 2. The molecular formula is C15H16N2O4. The highest BCUT2D eigenvalue weighted by Crippen LogP contribution is 2.29. The van der Waals surface area contributed by atoms with Crippen LogP contribution >= 0.6 is 0 Å². The molecule has 0 aromatic heterocycles. The second-order valence-electron chi connectivity index (χ2n) is 4.88. The Hall–Kier alpha value is -2.76. The van der Waals surface area contributed by atoms with Gasteiger partial charge in [-0.15, -0.1) is 0 Å². The summed E-state index contributed by atoms with van der Waals surface area (Å²) >= 11 is 0. The van der Waals surface area contributed by atoms with E-state index in [4.69, 9.17) is 0 Å². The molecule has 0 amide bonds. The van der Waals surface area contributed by atoms with Gasteiger partial charge in [0.25, 0.3) is 5.69 Å². The summed E-state index contributed by atoms with van der Waals surface area (Å²) in [4.78, 5) is 10.7. The molecule has 0 atom stereocenters. The summed E-state index contributed by atoms with van der Waals surface area (Å²) < 4.78 is 0. The zero-order chi connectivity index (χ0) is 15.6. The van der Waals surface area contributed by atoms with E-state index in [1.165, 1.54) is 18.2 Å². The van der Waals surface area contributed by atoms with Gasteiger partial charge < -0.3 is 15.5 Å². The molecule has 0 aliphatic heterocycles. The minimum Gasteiger partial charge on any atom is -0.508 e. The summed E-state index contributed by atoms with van der Waals surface area (Å²) in [6, 6.07) is 7.47. The molecule has 0 saturated heterocycles. The van der Waals surface area contributed by atoms with Gasteiger partial charge in [-0.25, -0.2) is 0 Å². The lowest BCUT2D eigenvalue weighted by atomic mass is 10.1.